The molecule has 0 aliphatic rings. The highest BCUT2D eigenvalue weighted by molar-refractivity contribution is 7.13. The minimum atomic E-state index is 0.237. The number of aryl methyl sites for hydroxylation is 1. The quantitative estimate of drug-likeness (QED) is 0.782. The molecule has 0 aliphatic heterocycles. The minimum Gasteiger partial charge on any atom is -0.383 e. The van der Waals surface area contributed by atoms with Gasteiger partial charge in [0.25, 0.3) is 0 Å². The molecule has 3 rings (SSSR count). The number of hydrogen-bond donors (Lipinski definition) is 1. The van der Waals surface area contributed by atoms with Crippen molar-refractivity contribution in [3.05, 3.63) is 53.0 Å². The highest BCUT2D eigenvalue weighted by Gasteiger charge is 2.14. The van der Waals surface area contributed by atoms with Crippen molar-refractivity contribution in [1.29, 1.82) is 5.26 Å². The third kappa shape index (κ3) is 2.49. The molecule has 0 aromatic carbocycles. The number of nitrogen functional groups attached to an aromatic ring is 1. The van der Waals surface area contributed by atoms with E-state index in [-0.39, 0.29) is 5.82 Å². The first kappa shape index (κ1) is 13.3. The largest absolute Gasteiger partial charge is 0.383 e. The lowest BCUT2D eigenvalue weighted by Gasteiger charge is -2.08. The fraction of sp³-hybridized carbons (Fsp3) is 0.0625. The molecular weight excluding hydrogens is 280 g/mol. The zero-order valence-corrected chi connectivity index (χ0v) is 12.2. The summed E-state index contributed by atoms with van der Waals surface area (Å²) >= 11 is 1.57. The topological polar surface area (TPSA) is 75.6 Å². The smallest absolute Gasteiger partial charge is 0.142 e. The molecule has 3 aromatic rings. The number of thiophene rings is 1. The van der Waals surface area contributed by atoms with Gasteiger partial charge in [-0.2, -0.15) is 5.26 Å². The highest BCUT2D eigenvalue weighted by Crippen LogP contribution is 2.33. The summed E-state index contributed by atoms with van der Waals surface area (Å²) in [6.45, 7) is 1.98. The molecule has 2 N–H and O–H groups in total. The number of pyridine rings is 2. The van der Waals surface area contributed by atoms with Gasteiger partial charge in [0, 0.05) is 16.6 Å². The molecule has 0 atom stereocenters. The van der Waals surface area contributed by atoms with Crippen molar-refractivity contribution < 1.29 is 0 Å². The fourth-order valence-electron chi connectivity index (χ4n) is 2.06. The van der Waals surface area contributed by atoms with Crippen molar-refractivity contribution in [2.75, 3.05) is 5.73 Å². The van der Waals surface area contributed by atoms with Crippen LogP contribution in [0.25, 0.3) is 21.8 Å². The standard InChI is InChI=1S/C16H12N4S/c1-10-4-5-13(19-9-10)14-7-11(15-3-2-6-21-15)12(8-17)16(18)20-14/h2-7,9H,1H3,(H2,18,20). The first-order valence-corrected chi connectivity index (χ1v) is 7.24. The molecule has 0 fully saturated rings. The van der Waals surface area contributed by atoms with Gasteiger partial charge >= 0.3 is 0 Å². The van der Waals surface area contributed by atoms with Crippen LogP contribution in [0.2, 0.25) is 0 Å². The van der Waals surface area contributed by atoms with Gasteiger partial charge in [-0.15, -0.1) is 11.3 Å². The summed E-state index contributed by atoms with van der Waals surface area (Å²) in [6.07, 6.45) is 1.79. The predicted molar refractivity (Wildman–Crippen MR) is 84.6 cm³/mol. The lowest BCUT2D eigenvalue weighted by molar-refractivity contribution is 1.22. The van der Waals surface area contributed by atoms with Crippen LogP contribution in [-0.4, -0.2) is 9.97 Å². The van der Waals surface area contributed by atoms with Gasteiger partial charge in [0.15, 0.2) is 0 Å². The summed E-state index contributed by atoms with van der Waals surface area (Å²) in [7, 11) is 0. The summed E-state index contributed by atoms with van der Waals surface area (Å²) in [5.74, 6) is 0.237. The van der Waals surface area contributed by atoms with Crippen LogP contribution in [0.5, 0.6) is 0 Å². The van der Waals surface area contributed by atoms with E-state index >= 15 is 0 Å². The van der Waals surface area contributed by atoms with E-state index < -0.39 is 0 Å². The Morgan fingerprint density at radius 3 is 2.71 bits per heavy atom. The lowest BCUT2D eigenvalue weighted by Crippen LogP contribution is -2.00. The Morgan fingerprint density at radius 1 is 1.24 bits per heavy atom. The Morgan fingerprint density at radius 2 is 2.10 bits per heavy atom. The molecule has 0 unspecified atom stereocenters. The molecule has 0 bridgehead atoms. The van der Waals surface area contributed by atoms with Crippen molar-refractivity contribution >= 4 is 17.2 Å². The molecule has 0 amide bonds. The number of nitrogens with zero attached hydrogens (tertiary/aromatic N) is 3. The number of aromatic nitrogens is 2. The van der Waals surface area contributed by atoms with E-state index in [1.807, 2.05) is 42.6 Å². The minimum absolute atomic E-state index is 0.237. The van der Waals surface area contributed by atoms with Gasteiger partial charge in [0.1, 0.15) is 17.5 Å². The molecular formula is C16H12N4S. The van der Waals surface area contributed by atoms with Gasteiger partial charge < -0.3 is 5.73 Å². The van der Waals surface area contributed by atoms with Crippen LogP contribution >= 0.6 is 11.3 Å². The van der Waals surface area contributed by atoms with E-state index in [0.717, 1.165) is 21.7 Å². The zero-order valence-electron chi connectivity index (χ0n) is 11.4. The lowest BCUT2D eigenvalue weighted by atomic mass is 10.1. The molecule has 4 nitrogen and oxygen atoms in total. The first-order valence-electron chi connectivity index (χ1n) is 6.36. The van der Waals surface area contributed by atoms with Gasteiger partial charge in [-0.3, -0.25) is 4.98 Å². The second-order valence-electron chi connectivity index (χ2n) is 4.63. The maximum Gasteiger partial charge on any atom is 0.142 e. The van der Waals surface area contributed by atoms with E-state index in [1.54, 1.807) is 17.5 Å². The Labute approximate surface area is 126 Å². The van der Waals surface area contributed by atoms with E-state index in [4.69, 9.17) is 5.73 Å². The molecule has 0 radical (unpaired) electrons. The average molecular weight is 292 g/mol. The van der Waals surface area contributed by atoms with Gasteiger partial charge in [-0.1, -0.05) is 12.1 Å². The van der Waals surface area contributed by atoms with Crippen LogP contribution < -0.4 is 5.73 Å². The summed E-state index contributed by atoms with van der Waals surface area (Å²) in [6, 6.07) is 11.8. The summed E-state index contributed by atoms with van der Waals surface area (Å²) < 4.78 is 0. The highest BCUT2D eigenvalue weighted by atomic mass is 32.1. The van der Waals surface area contributed by atoms with E-state index in [1.165, 1.54) is 0 Å². The van der Waals surface area contributed by atoms with Crippen LogP contribution in [0.15, 0.2) is 41.9 Å². The van der Waals surface area contributed by atoms with Crippen molar-refractivity contribution in [3.63, 3.8) is 0 Å². The van der Waals surface area contributed by atoms with Crippen LogP contribution in [0, 0.1) is 18.3 Å². The summed E-state index contributed by atoms with van der Waals surface area (Å²) in [5.41, 5.74) is 9.67. The number of anilines is 1. The molecule has 5 heteroatoms. The monoisotopic (exact) mass is 292 g/mol. The summed E-state index contributed by atoms with van der Waals surface area (Å²) in [4.78, 5) is 9.68. The molecule has 0 saturated carbocycles. The van der Waals surface area contributed by atoms with E-state index in [9.17, 15) is 5.26 Å². The molecule has 0 spiro atoms. The maximum absolute atomic E-state index is 9.31. The number of nitrogens with two attached hydrogens (primary N) is 1. The van der Waals surface area contributed by atoms with Gasteiger partial charge in [0.2, 0.25) is 0 Å². The van der Waals surface area contributed by atoms with E-state index in [2.05, 4.69) is 16.0 Å². The van der Waals surface area contributed by atoms with E-state index in [0.29, 0.717) is 11.3 Å². The molecule has 102 valence electrons. The van der Waals surface area contributed by atoms with Crippen LogP contribution in [0.1, 0.15) is 11.1 Å². The first-order chi connectivity index (χ1) is 10.2. The average Bonchev–Trinajstić information content (AvgIpc) is 3.01. The Kier molecular flexibility index (Phi) is 3.38. The van der Waals surface area contributed by atoms with Crippen LogP contribution in [-0.2, 0) is 0 Å². The fourth-order valence-corrected chi connectivity index (χ4v) is 2.81. The van der Waals surface area contributed by atoms with Gasteiger partial charge in [-0.25, -0.2) is 4.98 Å². The third-order valence-electron chi connectivity index (χ3n) is 3.12. The van der Waals surface area contributed by atoms with Gasteiger partial charge in [0.05, 0.1) is 11.4 Å². The van der Waals surface area contributed by atoms with Crippen molar-refractivity contribution in [3.8, 4) is 27.9 Å². The maximum atomic E-state index is 9.31. The predicted octanol–water partition coefficient (Wildman–Crippen LogP) is 3.63. The number of nitriles is 1. The van der Waals surface area contributed by atoms with Crippen molar-refractivity contribution in [1.82, 2.24) is 9.97 Å². The second-order valence-corrected chi connectivity index (χ2v) is 5.57. The third-order valence-corrected chi connectivity index (χ3v) is 4.02. The molecule has 21 heavy (non-hydrogen) atoms. The second kappa shape index (κ2) is 5.35. The van der Waals surface area contributed by atoms with Crippen LogP contribution in [0.4, 0.5) is 5.82 Å². The Hall–Kier alpha value is -2.71. The summed E-state index contributed by atoms with van der Waals surface area (Å²) in [5, 5.41) is 11.3. The van der Waals surface area contributed by atoms with Crippen molar-refractivity contribution in [2.24, 2.45) is 0 Å². The molecule has 3 aromatic heterocycles. The van der Waals surface area contributed by atoms with Crippen LogP contribution in [0.3, 0.4) is 0 Å². The molecule has 3 heterocycles. The Balaban J connectivity index is 2.21. The normalized spacial score (nSPS) is 10.3. The number of hydrogen-bond acceptors (Lipinski definition) is 5. The zero-order chi connectivity index (χ0) is 14.8. The van der Waals surface area contributed by atoms with Gasteiger partial charge in [-0.05, 0) is 36.1 Å². The number of rotatable bonds is 2. The van der Waals surface area contributed by atoms with Crippen molar-refractivity contribution in [2.45, 2.75) is 6.92 Å². The molecule has 0 aliphatic carbocycles. The SMILES string of the molecule is Cc1ccc(-c2cc(-c3cccs3)c(C#N)c(N)n2)nc1. The Bertz CT molecular complexity index is 815. The molecule has 0 saturated heterocycles.